The molecule has 27 heavy (non-hydrogen) atoms. The van der Waals surface area contributed by atoms with E-state index in [0.29, 0.717) is 19.6 Å². The summed E-state index contributed by atoms with van der Waals surface area (Å²) in [5, 5.41) is 3.90. The Bertz CT molecular complexity index is 758. The van der Waals surface area contributed by atoms with E-state index in [0.717, 1.165) is 29.9 Å². The second-order valence-electron chi connectivity index (χ2n) is 7.01. The van der Waals surface area contributed by atoms with Crippen molar-refractivity contribution in [2.75, 3.05) is 32.7 Å². The number of fused-ring (bicyclic) bond motifs is 1. The molecule has 3 rings (SSSR count). The summed E-state index contributed by atoms with van der Waals surface area (Å²) in [5.41, 5.74) is 1.04. The number of rotatable bonds is 7. The maximum atomic E-state index is 12.8. The molecule has 6 nitrogen and oxygen atoms in total. The molecule has 2 amide bonds. The lowest BCUT2D eigenvalue weighted by atomic mass is 10.0. The first-order chi connectivity index (χ1) is 13.1. The Morgan fingerprint density at radius 2 is 2.11 bits per heavy atom. The fraction of sp³-hybridized carbons (Fsp3) is 0.550. The topological polar surface area (TPSA) is 66.7 Å². The van der Waals surface area contributed by atoms with Gasteiger partial charge in [-0.15, -0.1) is 11.3 Å². The molecular weight excluding hydrogens is 360 g/mol. The van der Waals surface area contributed by atoms with Gasteiger partial charge in [0.1, 0.15) is 6.04 Å². The fourth-order valence-electron chi connectivity index (χ4n) is 3.74. The van der Waals surface area contributed by atoms with E-state index < -0.39 is 0 Å². The van der Waals surface area contributed by atoms with Gasteiger partial charge in [-0.1, -0.05) is 12.1 Å². The number of hydrogen-bond donors (Lipinski definition) is 2. The van der Waals surface area contributed by atoms with Crippen LogP contribution in [0.1, 0.15) is 44.2 Å². The molecule has 1 saturated heterocycles. The maximum absolute atomic E-state index is 12.8. The summed E-state index contributed by atoms with van der Waals surface area (Å²) in [7, 11) is 0. The molecule has 0 saturated carbocycles. The van der Waals surface area contributed by atoms with Crippen LogP contribution in [-0.4, -0.2) is 54.4 Å². The molecular formula is C20H29N4O2S+. The van der Waals surface area contributed by atoms with E-state index in [1.165, 1.54) is 16.0 Å². The average Bonchev–Trinajstić information content (AvgIpc) is 3.10. The number of likely N-dealkylation sites (tertiary alicyclic amines) is 1. The molecule has 1 aromatic carbocycles. The van der Waals surface area contributed by atoms with Crippen molar-refractivity contribution >= 4 is 33.4 Å². The molecule has 1 fully saturated rings. The summed E-state index contributed by atoms with van der Waals surface area (Å²) in [5.74, 6) is -0.0455. The van der Waals surface area contributed by atoms with Crippen molar-refractivity contribution < 1.29 is 14.5 Å². The van der Waals surface area contributed by atoms with Crippen molar-refractivity contribution in [3.63, 3.8) is 0 Å². The molecule has 146 valence electrons. The monoisotopic (exact) mass is 389 g/mol. The second kappa shape index (κ2) is 9.28. The number of carbonyl (C=O) groups is 2. The maximum Gasteiger partial charge on any atom is 0.278 e. The fourth-order valence-corrected chi connectivity index (χ4v) is 4.90. The van der Waals surface area contributed by atoms with Crippen molar-refractivity contribution in [1.82, 2.24) is 15.2 Å². The largest absolute Gasteiger partial charge is 0.355 e. The van der Waals surface area contributed by atoms with Crippen LogP contribution in [0.4, 0.5) is 0 Å². The number of para-hydroxylation sites is 1. The van der Waals surface area contributed by atoms with Gasteiger partial charge >= 0.3 is 0 Å². The summed E-state index contributed by atoms with van der Waals surface area (Å²) in [6.45, 7) is 6.49. The summed E-state index contributed by atoms with van der Waals surface area (Å²) in [6, 6.07) is 8.48. The first-order valence-corrected chi connectivity index (χ1v) is 10.7. The highest BCUT2D eigenvalue weighted by Gasteiger charge is 2.33. The Morgan fingerprint density at radius 3 is 2.85 bits per heavy atom. The Hall–Kier alpha value is -1.99. The quantitative estimate of drug-likeness (QED) is 0.752. The zero-order chi connectivity index (χ0) is 19.2. The van der Waals surface area contributed by atoms with Gasteiger partial charge in [0.25, 0.3) is 5.91 Å². The molecule has 1 aromatic heterocycles. The zero-order valence-electron chi connectivity index (χ0n) is 16.2. The number of aromatic nitrogens is 1. The Balaban J connectivity index is 1.71. The SMILES string of the molecule is CCNC(=O)CN(CC)C(=O)C[NH+]1CCCC[C@H]1c1nc2ccccc2s1. The molecule has 1 unspecified atom stereocenters. The highest BCUT2D eigenvalue weighted by Crippen LogP contribution is 2.28. The number of benzene rings is 1. The van der Waals surface area contributed by atoms with Gasteiger partial charge in [0.05, 0.1) is 23.3 Å². The molecule has 7 heteroatoms. The standard InChI is InChI=1S/C20H28N4O2S/c1-3-21-18(25)13-23(4-2)19(26)14-24-12-8-7-10-16(24)20-22-15-9-5-6-11-17(15)27-20/h5-6,9,11,16H,3-4,7-8,10,12-14H2,1-2H3,(H,21,25)/p+1/t16-/m0/s1. The molecule has 0 aliphatic carbocycles. The van der Waals surface area contributed by atoms with Crippen LogP contribution in [0.15, 0.2) is 24.3 Å². The summed E-state index contributed by atoms with van der Waals surface area (Å²) in [6.07, 6.45) is 3.37. The number of amides is 2. The van der Waals surface area contributed by atoms with Crippen LogP contribution in [0.5, 0.6) is 0 Å². The number of quaternary nitrogens is 1. The lowest BCUT2D eigenvalue weighted by molar-refractivity contribution is -0.929. The van der Waals surface area contributed by atoms with Gasteiger partial charge < -0.3 is 15.1 Å². The minimum atomic E-state index is -0.0935. The molecule has 2 N–H and O–H groups in total. The second-order valence-corrected chi connectivity index (χ2v) is 8.08. The minimum Gasteiger partial charge on any atom is -0.355 e. The Morgan fingerprint density at radius 1 is 1.30 bits per heavy atom. The summed E-state index contributed by atoms with van der Waals surface area (Å²) < 4.78 is 1.20. The van der Waals surface area contributed by atoms with Gasteiger partial charge in [-0.05, 0) is 38.8 Å². The van der Waals surface area contributed by atoms with E-state index in [-0.39, 0.29) is 24.4 Å². The van der Waals surface area contributed by atoms with Gasteiger partial charge in [0.2, 0.25) is 5.91 Å². The van der Waals surface area contributed by atoms with Crippen molar-refractivity contribution in [1.29, 1.82) is 0 Å². The molecule has 1 aliphatic heterocycles. The third-order valence-electron chi connectivity index (χ3n) is 5.16. The van der Waals surface area contributed by atoms with E-state index in [4.69, 9.17) is 4.98 Å². The van der Waals surface area contributed by atoms with Crippen molar-refractivity contribution in [2.45, 2.75) is 39.2 Å². The highest BCUT2D eigenvalue weighted by atomic mass is 32.1. The lowest BCUT2D eigenvalue weighted by Gasteiger charge is -2.32. The number of likely N-dealkylation sites (N-methyl/N-ethyl adjacent to an activating group) is 2. The third kappa shape index (κ3) is 4.84. The molecule has 2 atom stereocenters. The highest BCUT2D eigenvalue weighted by molar-refractivity contribution is 7.18. The number of nitrogens with one attached hydrogen (secondary N) is 2. The molecule has 1 aliphatic rings. The van der Waals surface area contributed by atoms with E-state index in [9.17, 15) is 9.59 Å². The number of thiazole rings is 1. The van der Waals surface area contributed by atoms with Crippen molar-refractivity contribution in [3.8, 4) is 0 Å². The van der Waals surface area contributed by atoms with Crippen LogP contribution in [0, 0.1) is 0 Å². The molecule has 2 heterocycles. The van der Waals surface area contributed by atoms with Crippen LogP contribution in [0.3, 0.4) is 0 Å². The van der Waals surface area contributed by atoms with Gasteiger partial charge in [-0.2, -0.15) is 0 Å². The van der Waals surface area contributed by atoms with Crippen molar-refractivity contribution in [2.24, 2.45) is 0 Å². The van der Waals surface area contributed by atoms with Gasteiger partial charge in [0.15, 0.2) is 11.6 Å². The predicted molar refractivity (Wildman–Crippen MR) is 108 cm³/mol. The van der Waals surface area contributed by atoms with Crippen LogP contribution < -0.4 is 10.2 Å². The van der Waals surface area contributed by atoms with E-state index in [2.05, 4.69) is 11.4 Å². The predicted octanol–water partition coefficient (Wildman–Crippen LogP) is 1.39. The summed E-state index contributed by atoms with van der Waals surface area (Å²) in [4.78, 5) is 32.5. The lowest BCUT2D eigenvalue weighted by Crippen LogP contribution is -3.14. The molecule has 0 bridgehead atoms. The number of nitrogens with zero attached hydrogens (tertiary/aromatic N) is 2. The van der Waals surface area contributed by atoms with Crippen molar-refractivity contribution in [3.05, 3.63) is 29.3 Å². The van der Waals surface area contributed by atoms with Crippen LogP contribution >= 0.6 is 11.3 Å². The Kier molecular flexibility index (Phi) is 6.79. The van der Waals surface area contributed by atoms with Gasteiger partial charge in [-0.25, -0.2) is 4.98 Å². The third-order valence-corrected chi connectivity index (χ3v) is 6.31. The van der Waals surface area contributed by atoms with E-state index in [1.807, 2.05) is 32.0 Å². The Labute approximate surface area is 164 Å². The molecule has 0 spiro atoms. The van der Waals surface area contributed by atoms with Gasteiger partial charge in [-0.3, -0.25) is 9.59 Å². The summed E-state index contributed by atoms with van der Waals surface area (Å²) >= 11 is 1.75. The molecule has 0 radical (unpaired) electrons. The average molecular weight is 390 g/mol. The normalized spacial score (nSPS) is 19.8. The van der Waals surface area contributed by atoms with Gasteiger partial charge in [0, 0.05) is 19.5 Å². The number of hydrogen-bond acceptors (Lipinski definition) is 4. The van der Waals surface area contributed by atoms with E-state index >= 15 is 0 Å². The number of piperidine rings is 1. The first-order valence-electron chi connectivity index (χ1n) is 9.86. The molecule has 2 aromatic rings. The minimum absolute atomic E-state index is 0.0479. The number of carbonyl (C=O) groups excluding carboxylic acids is 2. The van der Waals surface area contributed by atoms with Crippen LogP contribution in [-0.2, 0) is 9.59 Å². The van der Waals surface area contributed by atoms with Crippen LogP contribution in [0.25, 0.3) is 10.2 Å². The first kappa shape index (κ1) is 19.8. The smallest absolute Gasteiger partial charge is 0.278 e. The van der Waals surface area contributed by atoms with E-state index in [1.54, 1.807) is 16.2 Å². The van der Waals surface area contributed by atoms with Crippen LogP contribution in [0.2, 0.25) is 0 Å². The zero-order valence-corrected chi connectivity index (χ0v) is 17.0.